The molecule has 0 radical (unpaired) electrons. The van der Waals surface area contributed by atoms with Gasteiger partial charge in [0.25, 0.3) is 15.6 Å². The van der Waals surface area contributed by atoms with Gasteiger partial charge in [0.05, 0.1) is 21.6 Å². The van der Waals surface area contributed by atoms with Gasteiger partial charge in [-0.05, 0) is 36.1 Å². The number of benzene rings is 2. The van der Waals surface area contributed by atoms with Gasteiger partial charge in [-0.3, -0.25) is 4.79 Å². The summed E-state index contributed by atoms with van der Waals surface area (Å²) in [5.74, 6) is -0.590. The topological polar surface area (TPSA) is 113 Å². The molecule has 0 bridgehead atoms. The highest BCUT2D eigenvalue weighted by atomic mass is 32.2. The molecule has 5 rings (SSSR count). The molecule has 2 aromatic heterocycles. The van der Waals surface area contributed by atoms with E-state index in [1.54, 1.807) is 36.6 Å². The van der Waals surface area contributed by atoms with Crippen LogP contribution >= 0.6 is 11.3 Å². The first-order valence-electron chi connectivity index (χ1n) is 9.54. The number of hydrogen-bond donors (Lipinski definition) is 2. The van der Waals surface area contributed by atoms with Crippen LogP contribution in [0.1, 0.15) is 18.1 Å². The number of rotatable bonds is 3. The highest BCUT2D eigenvalue weighted by Gasteiger charge is 2.30. The molecule has 0 fully saturated rings. The van der Waals surface area contributed by atoms with E-state index in [-0.39, 0.29) is 27.7 Å². The summed E-state index contributed by atoms with van der Waals surface area (Å²) in [5.41, 5.74) is 1.14. The monoisotopic (exact) mass is 464 g/mol. The summed E-state index contributed by atoms with van der Waals surface area (Å²) in [6, 6.07) is 17.3. The summed E-state index contributed by atoms with van der Waals surface area (Å²) in [6.45, 7) is 1.77. The molecule has 2 aromatic carbocycles. The molecular weight excluding hydrogens is 448 g/mol. The Balaban J connectivity index is 1.76. The Morgan fingerprint density at radius 2 is 1.81 bits per heavy atom. The minimum Gasteiger partial charge on any atom is -0.505 e. The second-order valence-corrected chi connectivity index (χ2v) is 9.55. The van der Waals surface area contributed by atoms with Crippen LogP contribution in [-0.4, -0.2) is 29.7 Å². The smallest absolute Gasteiger partial charge is 0.286 e. The number of nitrogens with one attached hydrogen (secondary N) is 1. The van der Waals surface area contributed by atoms with E-state index in [9.17, 15) is 18.3 Å². The molecule has 3 heterocycles. The van der Waals surface area contributed by atoms with Crippen molar-refractivity contribution in [3.63, 3.8) is 0 Å². The Labute approximate surface area is 186 Å². The molecule has 0 saturated heterocycles. The fraction of sp³-hybridized carbons (Fsp3) is 0.0455. The Kier molecular flexibility index (Phi) is 4.68. The normalized spacial score (nSPS) is 15.2. The zero-order valence-electron chi connectivity index (χ0n) is 16.7. The number of thiophene rings is 1. The van der Waals surface area contributed by atoms with Gasteiger partial charge in [-0.2, -0.15) is 18.2 Å². The second kappa shape index (κ2) is 7.43. The third kappa shape index (κ3) is 3.20. The third-order valence-electron chi connectivity index (χ3n) is 5.04. The molecule has 2 N–H and O–H groups in total. The first kappa shape index (κ1) is 20.2. The quantitative estimate of drug-likeness (QED) is 0.450. The molecule has 0 amide bonds. The summed E-state index contributed by atoms with van der Waals surface area (Å²) in [4.78, 5) is 13.5. The molecule has 0 aliphatic carbocycles. The van der Waals surface area contributed by atoms with Crippen LogP contribution < -0.4 is 10.9 Å². The van der Waals surface area contributed by atoms with E-state index in [1.165, 1.54) is 22.1 Å². The Morgan fingerprint density at radius 1 is 1.09 bits per heavy atom. The standard InChI is InChI=1S/C22H16N4O4S2/c1-13(14-7-3-2-4-8-14)24-26-16-11-12-31-20(16)19(27)18(22(26)28)21-23-15-9-5-6-10-17(15)32(29,30)25-21/h2-12,27H,1H3,(H,23,25). The Bertz CT molecular complexity index is 1600. The van der Waals surface area contributed by atoms with Crippen molar-refractivity contribution in [1.82, 2.24) is 4.68 Å². The van der Waals surface area contributed by atoms with Crippen molar-refractivity contribution >= 4 is 48.8 Å². The van der Waals surface area contributed by atoms with E-state index in [1.807, 2.05) is 30.3 Å². The van der Waals surface area contributed by atoms with Crippen LogP contribution in [0.5, 0.6) is 5.75 Å². The van der Waals surface area contributed by atoms with E-state index in [0.717, 1.165) is 5.56 Å². The van der Waals surface area contributed by atoms with Crippen LogP contribution in [0.2, 0.25) is 0 Å². The van der Waals surface area contributed by atoms with E-state index in [4.69, 9.17) is 0 Å². The van der Waals surface area contributed by atoms with Crippen molar-refractivity contribution in [2.75, 3.05) is 5.32 Å². The summed E-state index contributed by atoms with van der Waals surface area (Å²) >= 11 is 1.21. The van der Waals surface area contributed by atoms with Crippen molar-refractivity contribution in [3.8, 4) is 5.75 Å². The van der Waals surface area contributed by atoms with Gasteiger partial charge in [-0.15, -0.1) is 15.7 Å². The number of amidine groups is 1. The highest BCUT2D eigenvalue weighted by molar-refractivity contribution is 7.90. The maximum atomic E-state index is 13.5. The average Bonchev–Trinajstić information content (AvgIpc) is 3.27. The molecule has 32 heavy (non-hydrogen) atoms. The van der Waals surface area contributed by atoms with Crippen molar-refractivity contribution in [2.24, 2.45) is 9.50 Å². The molecule has 0 atom stereocenters. The zero-order chi connectivity index (χ0) is 22.5. The molecule has 160 valence electrons. The third-order valence-corrected chi connectivity index (χ3v) is 7.28. The van der Waals surface area contributed by atoms with Gasteiger partial charge in [0.2, 0.25) is 0 Å². The number of sulfonamides is 1. The predicted octanol–water partition coefficient (Wildman–Crippen LogP) is 3.60. The van der Waals surface area contributed by atoms with Crippen molar-refractivity contribution in [2.45, 2.75) is 11.8 Å². The fourth-order valence-electron chi connectivity index (χ4n) is 3.50. The molecular formula is C22H16N4O4S2. The maximum Gasteiger partial charge on any atom is 0.286 e. The molecule has 0 unspecified atom stereocenters. The number of pyridine rings is 1. The first-order chi connectivity index (χ1) is 15.4. The van der Waals surface area contributed by atoms with E-state index in [2.05, 4.69) is 14.8 Å². The minimum atomic E-state index is -4.06. The average molecular weight is 465 g/mol. The van der Waals surface area contributed by atoms with Gasteiger partial charge in [-0.25, -0.2) is 0 Å². The number of fused-ring (bicyclic) bond motifs is 2. The molecule has 10 heteroatoms. The van der Waals surface area contributed by atoms with Gasteiger partial charge in [0.15, 0.2) is 11.6 Å². The molecule has 1 aliphatic rings. The van der Waals surface area contributed by atoms with Crippen LogP contribution in [0.25, 0.3) is 10.2 Å². The largest absolute Gasteiger partial charge is 0.505 e. The van der Waals surface area contributed by atoms with Crippen LogP contribution in [0.3, 0.4) is 0 Å². The Morgan fingerprint density at radius 3 is 2.59 bits per heavy atom. The lowest BCUT2D eigenvalue weighted by molar-refractivity contribution is 0.479. The van der Waals surface area contributed by atoms with Crippen LogP contribution in [0.15, 0.2) is 85.2 Å². The zero-order valence-corrected chi connectivity index (χ0v) is 18.3. The van der Waals surface area contributed by atoms with Gasteiger partial charge >= 0.3 is 0 Å². The van der Waals surface area contributed by atoms with E-state index in [0.29, 0.717) is 15.9 Å². The van der Waals surface area contributed by atoms with Gasteiger partial charge in [-0.1, -0.05) is 42.5 Å². The molecule has 0 spiro atoms. The molecule has 0 saturated carbocycles. The molecule has 4 aromatic rings. The molecule has 8 nitrogen and oxygen atoms in total. The fourth-order valence-corrected chi connectivity index (χ4v) is 5.44. The SMILES string of the molecule is CC(=Nn1c(=O)c(C2=NS(=O)(=O)c3ccccc3N2)c(O)c2sccc21)c1ccccc1. The minimum absolute atomic E-state index is 0.00119. The highest BCUT2D eigenvalue weighted by Crippen LogP contribution is 2.34. The lowest BCUT2D eigenvalue weighted by Crippen LogP contribution is -2.31. The van der Waals surface area contributed by atoms with Crippen LogP contribution in [0.4, 0.5) is 5.69 Å². The Hall–Kier alpha value is -3.76. The summed E-state index contributed by atoms with van der Waals surface area (Å²) in [6.07, 6.45) is 0. The van der Waals surface area contributed by atoms with Crippen molar-refractivity contribution < 1.29 is 13.5 Å². The number of nitrogens with zero attached hydrogens (tertiary/aromatic N) is 3. The lowest BCUT2D eigenvalue weighted by Gasteiger charge is -2.19. The number of aromatic nitrogens is 1. The van der Waals surface area contributed by atoms with Crippen molar-refractivity contribution in [1.29, 1.82) is 0 Å². The summed E-state index contributed by atoms with van der Waals surface area (Å²) in [7, 11) is -4.06. The second-order valence-electron chi connectivity index (χ2n) is 7.06. The van der Waals surface area contributed by atoms with Crippen molar-refractivity contribution in [3.05, 3.63) is 87.5 Å². The number of aromatic hydroxyl groups is 1. The van der Waals surface area contributed by atoms with E-state index < -0.39 is 15.6 Å². The van der Waals surface area contributed by atoms with Crippen LogP contribution in [0, 0.1) is 0 Å². The van der Waals surface area contributed by atoms with Gasteiger partial charge < -0.3 is 10.4 Å². The lowest BCUT2D eigenvalue weighted by atomic mass is 10.1. The number of anilines is 1. The number of hydrogen-bond acceptors (Lipinski definition) is 7. The van der Waals surface area contributed by atoms with Crippen LogP contribution in [-0.2, 0) is 10.0 Å². The first-order valence-corrected chi connectivity index (χ1v) is 11.9. The predicted molar refractivity (Wildman–Crippen MR) is 126 cm³/mol. The van der Waals surface area contributed by atoms with Gasteiger partial charge in [0, 0.05) is 0 Å². The summed E-state index contributed by atoms with van der Waals surface area (Å²) < 4.78 is 30.7. The molecule has 1 aliphatic heterocycles. The maximum absolute atomic E-state index is 13.5. The number of para-hydroxylation sites is 1. The summed E-state index contributed by atoms with van der Waals surface area (Å²) in [5, 5.41) is 20.0. The van der Waals surface area contributed by atoms with Gasteiger partial charge in [0.1, 0.15) is 10.5 Å². The van der Waals surface area contributed by atoms with E-state index >= 15 is 0 Å².